The summed E-state index contributed by atoms with van der Waals surface area (Å²) < 4.78 is 5.36. The predicted octanol–water partition coefficient (Wildman–Crippen LogP) is 3.59. The van der Waals surface area contributed by atoms with Crippen molar-refractivity contribution in [3.05, 3.63) is 47.6 Å². The summed E-state index contributed by atoms with van der Waals surface area (Å²) in [6.07, 6.45) is 2.64. The van der Waals surface area contributed by atoms with Gasteiger partial charge in [-0.2, -0.15) is 4.98 Å². The maximum Gasteiger partial charge on any atom is 0.243 e. The van der Waals surface area contributed by atoms with Crippen LogP contribution in [0.1, 0.15) is 63.4 Å². The van der Waals surface area contributed by atoms with Crippen molar-refractivity contribution in [1.82, 2.24) is 10.1 Å². The lowest BCUT2D eigenvalue weighted by molar-refractivity contribution is 0.336. The van der Waals surface area contributed by atoms with Crippen LogP contribution in [0.3, 0.4) is 0 Å². The average Bonchev–Trinajstić information content (AvgIpc) is 3.00. The molecule has 1 aromatic heterocycles. The van der Waals surface area contributed by atoms with Crippen molar-refractivity contribution >= 4 is 0 Å². The van der Waals surface area contributed by atoms with E-state index in [-0.39, 0.29) is 11.5 Å². The standard InChI is InChI=1S/C16H23N3O/c1-4-13(17)14-18-15(19-20-14)16(5-2,6-3)12-10-8-7-9-11-12/h7-11,13H,4-6,17H2,1-3H3/t13-/m0/s1. The van der Waals surface area contributed by atoms with E-state index >= 15 is 0 Å². The maximum atomic E-state index is 5.98. The third kappa shape index (κ3) is 2.48. The zero-order chi connectivity index (χ0) is 14.6. The van der Waals surface area contributed by atoms with Crippen molar-refractivity contribution in [2.24, 2.45) is 5.73 Å². The first kappa shape index (κ1) is 14.7. The van der Waals surface area contributed by atoms with Crippen LogP contribution < -0.4 is 5.73 Å². The first-order chi connectivity index (χ1) is 9.67. The lowest BCUT2D eigenvalue weighted by Gasteiger charge is -2.28. The molecule has 108 valence electrons. The van der Waals surface area contributed by atoms with Crippen LogP contribution in [-0.2, 0) is 5.41 Å². The Morgan fingerprint density at radius 1 is 1.15 bits per heavy atom. The number of nitrogens with two attached hydrogens (primary N) is 1. The Bertz CT molecular complexity index is 532. The second-order valence-electron chi connectivity index (χ2n) is 5.13. The molecular formula is C16H23N3O. The zero-order valence-corrected chi connectivity index (χ0v) is 12.5. The largest absolute Gasteiger partial charge is 0.338 e. The molecule has 1 heterocycles. The van der Waals surface area contributed by atoms with Crippen LogP contribution in [0.2, 0.25) is 0 Å². The summed E-state index contributed by atoms with van der Waals surface area (Å²) in [6.45, 7) is 6.33. The molecule has 0 saturated carbocycles. The van der Waals surface area contributed by atoms with E-state index in [9.17, 15) is 0 Å². The first-order valence-corrected chi connectivity index (χ1v) is 7.33. The summed E-state index contributed by atoms with van der Waals surface area (Å²) in [4.78, 5) is 4.57. The third-order valence-electron chi connectivity index (χ3n) is 4.16. The normalized spacial score (nSPS) is 13.4. The highest BCUT2D eigenvalue weighted by Crippen LogP contribution is 2.37. The van der Waals surface area contributed by atoms with E-state index in [0.29, 0.717) is 5.89 Å². The molecule has 0 radical (unpaired) electrons. The van der Waals surface area contributed by atoms with Crippen molar-refractivity contribution in [1.29, 1.82) is 0 Å². The SMILES string of the molecule is CC[C@H](N)c1nc(C(CC)(CC)c2ccccc2)no1. The van der Waals surface area contributed by atoms with Crippen LogP contribution in [0.4, 0.5) is 0 Å². The molecule has 2 rings (SSSR count). The molecule has 0 unspecified atom stereocenters. The molecule has 0 fully saturated rings. The molecule has 4 nitrogen and oxygen atoms in total. The molecule has 1 atom stereocenters. The quantitative estimate of drug-likeness (QED) is 0.873. The molecule has 2 N–H and O–H groups in total. The van der Waals surface area contributed by atoms with Crippen molar-refractivity contribution in [2.45, 2.75) is 51.5 Å². The van der Waals surface area contributed by atoms with Gasteiger partial charge in [0.05, 0.1) is 11.5 Å². The van der Waals surface area contributed by atoms with Crippen molar-refractivity contribution < 1.29 is 4.52 Å². The fourth-order valence-electron chi connectivity index (χ4n) is 2.62. The molecule has 0 bridgehead atoms. The van der Waals surface area contributed by atoms with E-state index in [4.69, 9.17) is 10.3 Å². The summed E-state index contributed by atoms with van der Waals surface area (Å²) in [7, 11) is 0. The monoisotopic (exact) mass is 273 g/mol. The van der Waals surface area contributed by atoms with Gasteiger partial charge < -0.3 is 10.3 Å². The summed E-state index contributed by atoms with van der Waals surface area (Å²) in [6, 6.07) is 10.2. The highest BCUT2D eigenvalue weighted by Gasteiger charge is 2.35. The molecule has 1 aromatic carbocycles. The summed E-state index contributed by atoms with van der Waals surface area (Å²) >= 11 is 0. The van der Waals surface area contributed by atoms with E-state index in [1.807, 2.05) is 25.1 Å². The highest BCUT2D eigenvalue weighted by molar-refractivity contribution is 5.32. The molecular weight excluding hydrogens is 250 g/mol. The van der Waals surface area contributed by atoms with Crippen LogP contribution >= 0.6 is 0 Å². The van der Waals surface area contributed by atoms with Crippen molar-refractivity contribution in [3.63, 3.8) is 0 Å². The Morgan fingerprint density at radius 3 is 2.35 bits per heavy atom. The van der Waals surface area contributed by atoms with E-state index in [0.717, 1.165) is 25.1 Å². The zero-order valence-electron chi connectivity index (χ0n) is 12.5. The number of hydrogen-bond donors (Lipinski definition) is 1. The number of rotatable bonds is 6. The molecule has 0 aliphatic rings. The lowest BCUT2D eigenvalue weighted by Crippen LogP contribution is -2.27. The van der Waals surface area contributed by atoms with Gasteiger partial charge in [0.1, 0.15) is 0 Å². The molecule has 0 spiro atoms. The number of nitrogens with zero attached hydrogens (tertiary/aromatic N) is 2. The predicted molar refractivity (Wildman–Crippen MR) is 79.3 cm³/mol. The van der Waals surface area contributed by atoms with Crippen LogP contribution in [-0.4, -0.2) is 10.1 Å². The van der Waals surface area contributed by atoms with Gasteiger partial charge in [0.15, 0.2) is 5.82 Å². The summed E-state index contributed by atoms with van der Waals surface area (Å²) in [5.74, 6) is 1.28. The van der Waals surface area contributed by atoms with Crippen LogP contribution in [0.25, 0.3) is 0 Å². The van der Waals surface area contributed by atoms with Crippen LogP contribution in [0.15, 0.2) is 34.9 Å². The highest BCUT2D eigenvalue weighted by atomic mass is 16.5. The number of aromatic nitrogens is 2. The van der Waals surface area contributed by atoms with Gasteiger partial charge in [0.2, 0.25) is 5.89 Å². The van der Waals surface area contributed by atoms with Crippen LogP contribution in [0, 0.1) is 0 Å². The second-order valence-corrected chi connectivity index (χ2v) is 5.13. The minimum atomic E-state index is -0.198. The summed E-state index contributed by atoms with van der Waals surface area (Å²) in [5.41, 5.74) is 7.00. The molecule has 0 amide bonds. The lowest BCUT2D eigenvalue weighted by atomic mass is 9.75. The fourth-order valence-corrected chi connectivity index (χ4v) is 2.62. The number of benzene rings is 1. The van der Waals surface area contributed by atoms with Crippen molar-refractivity contribution in [3.8, 4) is 0 Å². The Balaban J connectivity index is 2.46. The first-order valence-electron chi connectivity index (χ1n) is 7.33. The maximum absolute atomic E-state index is 5.98. The Labute approximate surface area is 120 Å². The molecule has 0 aliphatic carbocycles. The Hall–Kier alpha value is -1.68. The minimum absolute atomic E-state index is 0.182. The van der Waals surface area contributed by atoms with Gasteiger partial charge in [0, 0.05) is 0 Å². The van der Waals surface area contributed by atoms with Gasteiger partial charge in [0.25, 0.3) is 0 Å². The second kappa shape index (κ2) is 6.18. The molecule has 20 heavy (non-hydrogen) atoms. The molecule has 2 aromatic rings. The number of hydrogen-bond acceptors (Lipinski definition) is 4. The van der Waals surface area contributed by atoms with E-state index in [1.54, 1.807) is 0 Å². The van der Waals surface area contributed by atoms with E-state index in [2.05, 4.69) is 36.1 Å². The molecule has 0 saturated heterocycles. The van der Waals surface area contributed by atoms with Gasteiger partial charge in [-0.15, -0.1) is 0 Å². The third-order valence-corrected chi connectivity index (χ3v) is 4.16. The Morgan fingerprint density at radius 2 is 1.80 bits per heavy atom. The minimum Gasteiger partial charge on any atom is -0.338 e. The topological polar surface area (TPSA) is 64.9 Å². The average molecular weight is 273 g/mol. The Kier molecular flexibility index (Phi) is 4.55. The van der Waals surface area contributed by atoms with Gasteiger partial charge in [-0.25, -0.2) is 0 Å². The van der Waals surface area contributed by atoms with E-state index in [1.165, 1.54) is 5.56 Å². The summed E-state index contributed by atoms with van der Waals surface area (Å²) in [5, 5.41) is 4.21. The van der Waals surface area contributed by atoms with Gasteiger partial charge >= 0.3 is 0 Å². The van der Waals surface area contributed by atoms with Gasteiger partial charge in [-0.3, -0.25) is 0 Å². The fraction of sp³-hybridized carbons (Fsp3) is 0.500. The molecule has 4 heteroatoms. The van der Waals surface area contributed by atoms with E-state index < -0.39 is 0 Å². The van der Waals surface area contributed by atoms with Crippen LogP contribution in [0.5, 0.6) is 0 Å². The van der Waals surface area contributed by atoms with Gasteiger partial charge in [-0.05, 0) is 24.8 Å². The smallest absolute Gasteiger partial charge is 0.243 e. The van der Waals surface area contributed by atoms with Gasteiger partial charge in [-0.1, -0.05) is 56.3 Å². The molecule has 0 aliphatic heterocycles. The van der Waals surface area contributed by atoms with Crippen molar-refractivity contribution in [2.75, 3.05) is 0 Å².